The number of fused-ring (bicyclic) bond motifs is 2. The fraction of sp³-hybridized carbons (Fsp3) is 0.444. The van der Waals surface area contributed by atoms with Crippen LogP contribution in [0.5, 0.6) is 11.5 Å². The maximum absolute atomic E-state index is 5.96. The van der Waals surface area contributed by atoms with E-state index in [4.69, 9.17) is 9.47 Å². The van der Waals surface area contributed by atoms with E-state index in [-0.39, 0.29) is 0 Å². The van der Waals surface area contributed by atoms with Crippen LogP contribution in [0.1, 0.15) is 31.4 Å². The second-order valence-corrected chi connectivity index (χ2v) is 5.76. The van der Waals surface area contributed by atoms with Crippen LogP contribution in [0.25, 0.3) is 6.08 Å². The molecule has 2 heteroatoms. The summed E-state index contributed by atoms with van der Waals surface area (Å²) in [7, 11) is 0. The zero-order valence-electron chi connectivity index (χ0n) is 12.3. The number of hydrogen-bond acceptors (Lipinski definition) is 2. The Kier molecular flexibility index (Phi) is 3.81. The normalized spacial score (nSPS) is 26.1. The first-order chi connectivity index (χ1) is 9.76. The van der Waals surface area contributed by atoms with Crippen molar-refractivity contribution in [1.29, 1.82) is 0 Å². The first-order valence-corrected chi connectivity index (χ1v) is 7.53. The molecule has 0 bridgehead atoms. The number of benzene rings is 1. The third-order valence-corrected chi connectivity index (χ3v) is 4.02. The van der Waals surface area contributed by atoms with Crippen molar-refractivity contribution >= 4 is 6.08 Å². The van der Waals surface area contributed by atoms with Crippen molar-refractivity contribution in [2.45, 2.75) is 26.7 Å². The van der Waals surface area contributed by atoms with Gasteiger partial charge in [0.15, 0.2) is 0 Å². The molecule has 0 amide bonds. The Morgan fingerprint density at radius 3 is 2.80 bits per heavy atom. The van der Waals surface area contributed by atoms with Gasteiger partial charge in [-0.05, 0) is 24.5 Å². The van der Waals surface area contributed by atoms with E-state index in [9.17, 15) is 0 Å². The smallest absolute Gasteiger partial charge is 0.130 e. The summed E-state index contributed by atoms with van der Waals surface area (Å²) in [6.07, 6.45) is 11.0. The summed E-state index contributed by atoms with van der Waals surface area (Å²) in [4.78, 5) is 0. The van der Waals surface area contributed by atoms with Gasteiger partial charge in [0.2, 0.25) is 0 Å². The second kappa shape index (κ2) is 5.74. The van der Waals surface area contributed by atoms with Crippen LogP contribution in [0.4, 0.5) is 0 Å². The minimum Gasteiger partial charge on any atom is -0.493 e. The lowest BCUT2D eigenvalue weighted by atomic mass is 10.0. The molecule has 0 fully saturated rings. The summed E-state index contributed by atoms with van der Waals surface area (Å²) in [6.45, 7) is 5.86. The summed E-state index contributed by atoms with van der Waals surface area (Å²) in [5.41, 5.74) is 2.42. The lowest BCUT2D eigenvalue weighted by Crippen LogP contribution is -2.11. The molecule has 1 aromatic carbocycles. The molecule has 0 aliphatic carbocycles. The van der Waals surface area contributed by atoms with E-state index in [0.29, 0.717) is 11.8 Å². The quantitative estimate of drug-likeness (QED) is 0.710. The molecular formula is C18H22O2. The molecule has 0 saturated heterocycles. The maximum Gasteiger partial charge on any atom is 0.130 e. The van der Waals surface area contributed by atoms with Gasteiger partial charge in [0.1, 0.15) is 11.5 Å². The minimum atomic E-state index is 0.465. The van der Waals surface area contributed by atoms with Crippen molar-refractivity contribution in [2.24, 2.45) is 11.8 Å². The number of hydrogen-bond donors (Lipinski definition) is 0. The predicted molar refractivity (Wildman–Crippen MR) is 82.3 cm³/mol. The zero-order chi connectivity index (χ0) is 13.9. The lowest BCUT2D eigenvalue weighted by molar-refractivity contribution is 0.263. The average Bonchev–Trinajstić information content (AvgIpc) is 2.64. The second-order valence-electron chi connectivity index (χ2n) is 5.76. The zero-order valence-corrected chi connectivity index (χ0v) is 12.3. The fourth-order valence-electron chi connectivity index (χ4n) is 2.62. The standard InChI is InChI=1S/C18H22O2/c1-3-14-7-8-16-9-15-6-4-5-13(2)11-19-17(15)10-18(16)20-12-14/h4-5,7-10,13-14H,3,6,11-12H2,1-2H3/b5-4-. The van der Waals surface area contributed by atoms with Crippen LogP contribution in [0.2, 0.25) is 0 Å². The van der Waals surface area contributed by atoms with Crippen molar-refractivity contribution in [3.05, 3.63) is 41.5 Å². The highest BCUT2D eigenvalue weighted by molar-refractivity contribution is 5.62. The van der Waals surface area contributed by atoms with Gasteiger partial charge < -0.3 is 9.47 Å². The minimum absolute atomic E-state index is 0.465. The third-order valence-electron chi connectivity index (χ3n) is 4.02. The highest BCUT2D eigenvalue weighted by Gasteiger charge is 2.16. The van der Waals surface area contributed by atoms with E-state index in [1.807, 2.05) is 0 Å². The molecule has 1 aromatic rings. The van der Waals surface area contributed by atoms with Crippen LogP contribution in [0.15, 0.2) is 30.4 Å². The van der Waals surface area contributed by atoms with Gasteiger partial charge in [-0.3, -0.25) is 0 Å². The number of rotatable bonds is 1. The average molecular weight is 270 g/mol. The Labute approximate surface area is 121 Å². The summed E-state index contributed by atoms with van der Waals surface area (Å²) < 4.78 is 11.9. The molecular weight excluding hydrogens is 248 g/mol. The summed E-state index contributed by atoms with van der Waals surface area (Å²) in [5.74, 6) is 2.90. The Morgan fingerprint density at radius 2 is 1.95 bits per heavy atom. The van der Waals surface area contributed by atoms with Gasteiger partial charge in [-0.15, -0.1) is 0 Å². The SMILES string of the molecule is CCC1C=Cc2cc3c(cc2OC1)OCC(C)/C=C\C3. The Morgan fingerprint density at radius 1 is 1.10 bits per heavy atom. The number of ether oxygens (including phenoxy) is 2. The fourth-order valence-corrected chi connectivity index (χ4v) is 2.62. The van der Waals surface area contributed by atoms with Crippen molar-refractivity contribution in [3.8, 4) is 11.5 Å². The highest BCUT2D eigenvalue weighted by Crippen LogP contribution is 2.34. The first kappa shape index (κ1) is 13.3. The van der Waals surface area contributed by atoms with Crippen molar-refractivity contribution < 1.29 is 9.47 Å². The molecule has 0 aromatic heterocycles. The Bertz CT molecular complexity index is 543. The molecule has 0 N–H and O–H groups in total. The van der Waals surface area contributed by atoms with E-state index >= 15 is 0 Å². The van der Waals surface area contributed by atoms with Crippen LogP contribution in [0.3, 0.4) is 0 Å². The third kappa shape index (κ3) is 2.74. The van der Waals surface area contributed by atoms with Crippen LogP contribution < -0.4 is 9.47 Å². The lowest BCUT2D eigenvalue weighted by Gasteiger charge is -2.18. The van der Waals surface area contributed by atoms with Crippen molar-refractivity contribution in [1.82, 2.24) is 0 Å². The van der Waals surface area contributed by atoms with E-state index < -0.39 is 0 Å². The van der Waals surface area contributed by atoms with Gasteiger partial charge in [0.25, 0.3) is 0 Å². The molecule has 0 saturated carbocycles. The number of allylic oxidation sites excluding steroid dienone is 1. The van der Waals surface area contributed by atoms with Crippen LogP contribution >= 0.6 is 0 Å². The maximum atomic E-state index is 5.96. The molecule has 0 spiro atoms. The Hall–Kier alpha value is -1.70. The summed E-state index contributed by atoms with van der Waals surface area (Å²) in [6, 6.07) is 4.28. The van der Waals surface area contributed by atoms with Gasteiger partial charge in [-0.1, -0.05) is 38.2 Å². The van der Waals surface area contributed by atoms with Gasteiger partial charge in [0.05, 0.1) is 13.2 Å². The molecule has 2 aliphatic heterocycles. The highest BCUT2D eigenvalue weighted by atomic mass is 16.5. The van der Waals surface area contributed by atoms with E-state index in [2.05, 4.69) is 50.3 Å². The molecule has 3 rings (SSSR count). The predicted octanol–water partition coefficient (Wildman–Crippen LogP) is 4.25. The van der Waals surface area contributed by atoms with E-state index in [1.165, 1.54) is 11.1 Å². The van der Waals surface area contributed by atoms with Crippen molar-refractivity contribution in [2.75, 3.05) is 13.2 Å². The van der Waals surface area contributed by atoms with Crippen LogP contribution in [-0.4, -0.2) is 13.2 Å². The molecule has 2 unspecified atom stereocenters. The van der Waals surface area contributed by atoms with Gasteiger partial charge in [0, 0.05) is 23.5 Å². The van der Waals surface area contributed by atoms with Crippen LogP contribution in [-0.2, 0) is 6.42 Å². The summed E-state index contributed by atoms with van der Waals surface area (Å²) >= 11 is 0. The monoisotopic (exact) mass is 270 g/mol. The molecule has 106 valence electrons. The summed E-state index contributed by atoms with van der Waals surface area (Å²) in [5, 5.41) is 0. The molecule has 2 atom stereocenters. The van der Waals surface area contributed by atoms with Gasteiger partial charge in [-0.2, -0.15) is 0 Å². The molecule has 2 aliphatic rings. The van der Waals surface area contributed by atoms with Gasteiger partial charge in [-0.25, -0.2) is 0 Å². The van der Waals surface area contributed by atoms with Crippen LogP contribution in [0, 0.1) is 11.8 Å². The van der Waals surface area contributed by atoms with Gasteiger partial charge >= 0.3 is 0 Å². The van der Waals surface area contributed by atoms with E-state index in [0.717, 1.165) is 37.6 Å². The molecule has 2 nitrogen and oxygen atoms in total. The Balaban J connectivity index is 1.94. The first-order valence-electron chi connectivity index (χ1n) is 7.53. The topological polar surface area (TPSA) is 18.5 Å². The van der Waals surface area contributed by atoms with Crippen molar-refractivity contribution in [3.63, 3.8) is 0 Å². The largest absolute Gasteiger partial charge is 0.493 e. The van der Waals surface area contributed by atoms with E-state index in [1.54, 1.807) is 0 Å². The molecule has 2 heterocycles. The molecule has 20 heavy (non-hydrogen) atoms. The molecule has 0 radical (unpaired) electrons.